The summed E-state index contributed by atoms with van der Waals surface area (Å²) in [6.45, 7) is 10.2. The number of carbonyl (C=O) groups excluding carboxylic acids is 2. The van der Waals surface area contributed by atoms with E-state index >= 15 is 0 Å². The van der Waals surface area contributed by atoms with Gasteiger partial charge < -0.3 is 33.9 Å². The first-order valence-electron chi connectivity index (χ1n) is 20.0. The standard InChI is InChI=1S/C44H58O9/c1-6-36-27(2)19-22-43(53-36)25-34-24-33(52-43)18-17-29(4)38(51-41(47)42(20-10-11-21-42)31-14-8-7-9-15-31)28(3)13-12-16-32-26-49-39-37(45)30(5)23-35(40(46)50-34)44(32,39)48/h7-9,12-17,23,27-28,33-39,45,48H,6,10-11,18-22,24-26H2,1-5H3/t27-,28-,33+,34-,35-,36+,37+,38+,39+,43+,44+/m0/s1. The van der Waals surface area contributed by atoms with E-state index in [0.29, 0.717) is 42.7 Å². The van der Waals surface area contributed by atoms with E-state index in [1.807, 2.05) is 56.3 Å². The Bertz CT molecular complexity index is 1640. The van der Waals surface area contributed by atoms with Gasteiger partial charge in [-0.3, -0.25) is 9.59 Å². The molecule has 53 heavy (non-hydrogen) atoms. The number of hydrogen-bond acceptors (Lipinski definition) is 9. The second kappa shape index (κ2) is 15.2. The number of carbonyl (C=O) groups is 2. The maximum absolute atomic E-state index is 14.4. The summed E-state index contributed by atoms with van der Waals surface area (Å²) < 4.78 is 32.5. The lowest BCUT2D eigenvalue weighted by Crippen LogP contribution is -2.58. The third-order valence-corrected chi connectivity index (χ3v) is 13.1. The molecule has 1 aromatic carbocycles. The van der Waals surface area contributed by atoms with Crippen molar-refractivity contribution in [3.63, 3.8) is 0 Å². The van der Waals surface area contributed by atoms with Crippen molar-refractivity contribution in [1.29, 1.82) is 0 Å². The molecule has 9 nitrogen and oxygen atoms in total. The zero-order valence-electron chi connectivity index (χ0n) is 32.0. The molecule has 7 rings (SSSR count). The molecule has 1 aromatic rings. The molecule has 288 valence electrons. The summed E-state index contributed by atoms with van der Waals surface area (Å²) in [7, 11) is 0. The monoisotopic (exact) mass is 730 g/mol. The van der Waals surface area contributed by atoms with Gasteiger partial charge >= 0.3 is 11.9 Å². The summed E-state index contributed by atoms with van der Waals surface area (Å²) in [5, 5.41) is 23.5. The van der Waals surface area contributed by atoms with Crippen LogP contribution in [-0.4, -0.2) is 76.8 Å². The Kier molecular flexibility index (Phi) is 11.0. The Morgan fingerprint density at radius 3 is 2.51 bits per heavy atom. The molecule has 0 amide bonds. The van der Waals surface area contributed by atoms with Gasteiger partial charge in [0.15, 0.2) is 5.79 Å². The van der Waals surface area contributed by atoms with Crippen molar-refractivity contribution in [2.24, 2.45) is 17.8 Å². The Morgan fingerprint density at radius 1 is 1.02 bits per heavy atom. The molecule has 2 bridgehead atoms. The van der Waals surface area contributed by atoms with Gasteiger partial charge in [0.2, 0.25) is 0 Å². The van der Waals surface area contributed by atoms with Crippen LogP contribution in [0.4, 0.5) is 0 Å². The second-order valence-electron chi connectivity index (χ2n) is 16.7. The van der Waals surface area contributed by atoms with Crippen LogP contribution in [0.5, 0.6) is 0 Å². The molecule has 1 spiro atoms. The Balaban J connectivity index is 1.27. The highest BCUT2D eigenvalue weighted by Crippen LogP contribution is 2.48. The molecule has 11 atom stereocenters. The van der Waals surface area contributed by atoms with Crippen molar-refractivity contribution < 1.29 is 43.5 Å². The number of esters is 2. The molecule has 2 aliphatic carbocycles. The van der Waals surface area contributed by atoms with Gasteiger partial charge in [-0.25, -0.2) is 0 Å². The minimum atomic E-state index is -1.81. The zero-order valence-corrected chi connectivity index (χ0v) is 32.0. The van der Waals surface area contributed by atoms with E-state index < -0.39 is 53.1 Å². The molecule has 0 unspecified atom stereocenters. The largest absolute Gasteiger partial charge is 0.462 e. The van der Waals surface area contributed by atoms with E-state index in [-0.39, 0.29) is 30.7 Å². The van der Waals surface area contributed by atoms with Crippen molar-refractivity contribution >= 4 is 11.9 Å². The average Bonchev–Trinajstić information content (AvgIpc) is 3.78. The fourth-order valence-corrected chi connectivity index (χ4v) is 9.94. The molecule has 1 saturated carbocycles. The number of rotatable bonds is 4. The average molecular weight is 731 g/mol. The number of benzene rings is 1. The molecule has 2 N–H and O–H groups in total. The molecule has 4 aliphatic heterocycles. The van der Waals surface area contributed by atoms with Crippen LogP contribution in [-0.2, 0) is 38.7 Å². The molecule has 4 heterocycles. The lowest BCUT2D eigenvalue weighted by Gasteiger charge is -2.50. The molecular formula is C44H58O9. The van der Waals surface area contributed by atoms with Gasteiger partial charge in [-0.15, -0.1) is 0 Å². The van der Waals surface area contributed by atoms with Gasteiger partial charge in [0, 0.05) is 25.2 Å². The van der Waals surface area contributed by atoms with Crippen molar-refractivity contribution in [3.05, 3.63) is 83.0 Å². The minimum Gasteiger partial charge on any atom is -0.462 e. The van der Waals surface area contributed by atoms with E-state index in [9.17, 15) is 19.8 Å². The van der Waals surface area contributed by atoms with Gasteiger partial charge in [-0.2, -0.15) is 0 Å². The number of hydrogen-bond donors (Lipinski definition) is 2. The predicted molar refractivity (Wildman–Crippen MR) is 199 cm³/mol. The first-order chi connectivity index (χ1) is 25.4. The molecule has 0 aromatic heterocycles. The van der Waals surface area contributed by atoms with E-state index in [2.05, 4.69) is 19.9 Å². The molecule has 3 saturated heterocycles. The van der Waals surface area contributed by atoms with Gasteiger partial charge in [0.25, 0.3) is 0 Å². The summed E-state index contributed by atoms with van der Waals surface area (Å²) in [5.41, 5.74) is 0.450. The third-order valence-electron chi connectivity index (χ3n) is 13.1. The Hall–Kier alpha value is -3.08. The van der Waals surface area contributed by atoms with Crippen LogP contribution in [0.1, 0.15) is 104 Å². The first kappa shape index (κ1) is 38.2. The zero-order chi connectivity index (χ0) is 37.5. The maximum atomic E-state index is 14.4. The van der Waals surface area contributed by atoms with Gasteiger partial charge in [0.05, 0.1) is 24.2 Å². The van der Waals surface area contributed by atoms with Crippen LogP contribution in [0.2, 0.25) is 0 Å². The predicted octanol–water partition coefficient (Wildman–Crippen LogP) is 6.96. The third kappa shape index (κ3) is 7.13. The van der Waals surface area contributed by atoms with Crippen LogP contribution in [0, 0.1) is 17.8 Å². The second-order valence-corrected chi connectivity index (χ2v) is 16.7. The normalized spacial score (nSPS) is 40.1. The maximum Gasteiger partial charge on any atom is 0.317 e. The highest BCUT2D eigenvalue weighted by atomic mass is 16.7. The highest BCUT2D eigenvalue weighted by molar-refractivity contribution is 5.84. The van der Waals surface area contributed by atoms with Gasteiger partial charge in [-0.1, -0.05) is 94.3 Å². The molecule has 6 aliphatic rings. The Labute approximate surface area is 314 Å². The topological polar surface area (TPSA) is 121 Å². The summed E-state index contributed by atoms with van der Waals surface area (Å²) >= 11 is 0. The highest BCUT2D eigenvalue weighted by Gasteiger charge is 2.60. The molecule has 0 radical (unpaired) electrons. The van der Waals surface area contributed by atoms with Crippen LogP contribution >= 0.6 is 0 Å². The Morgan fingerprint density at radius 2 is 1.77 bits per heavy atom. The van der Waals surface area contributed by atoms with Crippen LogP contribution < -0.4 is 0 Å². The molecule has 4 fully saturated rings. The lowest BCUT2D eigenvalue weighted by molar-refractivity contribution is -0.335. The van der Waals surface area contributed by atoms with Crippen molar-refractivity contribution in [1.82, 2.24) is 0 Å². The summed E-state index contributed by atoms with van der Waals surface area (Å²) in [6.07, 6.45) is 13.1. The fraction of sp³-hybridized carbons (Fsp3) is 0.636. The van der Waals surface area contributed by atoms with Gasteiger partial charge in [-0.05, 0) is 74.2 Å². The van der Waals surface area contributed by atoms with E-state index in [1.165, 1.54) is 0 Å². The van der Waals surface area contributed by atoms with Crippen LogP contribution in [0.15, 0.2) is 77.4 Å². The number of aliphatic hydroxyl groups excluding tert-OH is 1. The summed E-state index contributed by atoms with van der Waals surface area (Å²) in [6, 6.07) is 10.0. The van der Waals surface area contributed by atoms with Crippen molar-refractivity contribution in [3.8, 4) is 0 Å². The van der Waals surface area contributed by atoms with E-state index in [4.69, 9.17) is 23.7 Å². The fourth-order valence-electron chi connectivity index (χ4n) is 9.94. The van der Waals surface area contributed by atoms with Crippen molar-refractivity contribution in [2.75, 3.05) is 6.61 Å². The number of fused-ring (bicyclic) bond motifs is 2. The first-order valence-corrected chi connectivity index (χ1v) is 20.0. The molecular weight excluding hydrogens is 672 g/mol. The SMILES string of the molecule is CC[C@H]1O[C@]2(CC[C@@H]1C)C[C@@H]1C[C@@H](CC=C(C)[C@H](OC(=O)C3(c4ccccc4)CCCC3)[C@@H](C)C=CC=C3CO[C@@H]4[C@H](O)C(C)=C[C@@H](C(=O)O1)[C@]34O)O2. The lowest BCUT2D eigenvalue weighted by atomic mass is 9.71. The van der Waals surface area contributed by atoms with Crippen LogP contribution in [0.25, 0.3) is 0 Å². The van der Waals surface area contributed by atoms with E-state index in [0.717, 1.165) is 49.7 Å². The smallest absolute Gasteiger partial charge is 0.317 e. The van der Waals surface area contributed by atoms with Gasteiger partial charge in [0.1, 0.15) is 35.9 Å². The summed E-state index contributed by atoms with van der Waals surface area (Å²) in [5.74, 6) is -2.60. The number of aliphatic hydroxyl groups is 2. The van der Waals surface area contributed by atoms with Crippen molar-refractivity contribution in [2.45, 2.75) is 152 Å². The number of ether oxygens (including phenoxy) is 5. The van der Waals surface area contributed by atoms with Crippen LogP contribution in [0.3, 0.4) is 0 Å². The number of allylic oxidation sites excluding steroid dienone is 2. The quantitative estimate of drug-likeness (QED) is 0.250. The summed E-state index contributed by atoms with van der Waals surface area (Å²) in [4.78, 5) is 28.6. The minimum absolute atomic E-state index is 0.0214. The van der Waals surface area contributed by atoms with E-state index in [1.54, 1.807) is 19.1 Å². The molecule has 9 heteroatoms.